The van der Waals surface area contributed by atoms with E-state index < -0.39 is 6.03 Å². The summed E-state index contributed by atoms with van der Waals surface area (Å²) in [7, 11) is 0. The standard InChI is InChI=1S/C22H26FN7O2/c1-13(2)32-18-10-15(23)4-5-16(18)27-21-20-17(25-12-26-21)6-7-19(28-20)29-8-9-30(22(24)31)14(3)11-29/h4-7,10,12-14H,8-9,11H2,1-3H3,(H2,24,31)(H,25,26,27)/t14-/m0/s1. The van der Waals surface area contributed by atoms with Crippen molar-refractivity contribution in [1.29, 1.82) is 0 Å². The van der Waals surface area contributed by atoms with Gasteiger partial charge in [-0.3, -0.25) is 0 Å². The molecule has 0 unspecified atom stereocenters. The molecule has 2 amide bonds. The molecule has 10 heteroatoms. The van der Waals surface area contributed by atoms with Crippen molar-refractivity contribution in [3.8, 4) is 5.75 Å². The van der Waals surface area contributed by atoms with E-state index in [1.165, 1.54) is 18.5 Å². The van der Waals surface area contributed by atoms with E-state index in [4.69, 9.17) is 15.5 Å². The number of nitrogens with one attached hydrogen (secondary N) is 1. The Bertz CT molecular complexity index is 1140. The molecule has 9 nitrogen and oxygen atoms in total. The number of benzene rings is 1. The molecule has 0 saturated carbocycles. The number of hydrogen-bond donors (Lipinski definition) is 2. The van der Waals surface area contributed by atoms with Gasteiger partial charge >= 0.3 is 6.03 Å². The number of aromatic nitrogens is 3. The Hall–Kier alpha value is -3.69. The van der Waals surface area contributed by atoms with E-state index in [2.05, 4.69) is 20.2 Å². The number of primary amides is 1. The first kappa shape index (κ1) is 21.5. The highest BCUT2D eigenvalue weighted by molar-refractivity contribution is 5.88. The second-order valence-corrected chi connectivity index (χ2v) is 8.02. The first-order chi connectivity index (χ1) is 15.3. The summed E-state index contributed by atoms with van der Waals surface area (Å²) in [6, 6.07) is 7.64. The van der Waals surface area contributed by atoms with Crippen molar-refractivity contribution < 1.29 is 13.9 Å². The van der Waals surface area contributed by atoms with E-state index in [0.29, 0.717) is 47.9 Å². The zero-order valence-corrected chi connectivity index (χ0v) is 18.2. The Labute approximate surface area is 185 Å². The van der Waals surface area contributed by atoms with Crippen LogP contribution in [0.4, 0.5) is 26.5 Å². The fourth-order valence-corrected chi connectivity index (χ4v) is 3.77. The molecule has 168 valence electrons. The van der Waals surface area contributed by atoms with Gasteiger partial charge < -0.3 is 25.6 Å². The quantitative estimate of drug-likeness (QED) is 0.628. The maximum absolute atomic E-state index is 13.8. The summed E-state index contributed by atoms with van der Waals surface area (Å²) in [5.74, 6) is 1.24. The number of carbonyl (C=O) groups excluding carboxylic acids is 1. The highest BCUT2D eigenvalue weighted by Gasteiger charge is 2.27. The van der Waals surface area contributed by atoms with Crippen molar-refractivity contribution in [2.75, 3.05) is 29.9 Å². The van der Waals surface area contributed by atoms with Gasteiger partial charge in [0.05, 0.1) is 17.3 Å². The van der Waals surface area contributed by atoms with Crippen LogP contribution < -0.4 is 20.7 Å². The largest absolute Gasteiger partial charge is 0.489 e. The predicted molar refractivity (Wildman–Crippen MR) is 121 cm³/mol. The normalized spacial score (nSPS) is 16.5. The third-order valence-corrected chi connectivity index (χ3v) is 5.26. The molecule has 1 aliphatic heterocycles. The van der Waals surface area contributed by atoms with E-state index in [-0.39, 0.29) is 18.0 Å². The minimum absolute atomic E-state index is 0.0293. The van der Waals surface area contributed by atoms with E-state index in [1.807, 2.05) is 32.9 Å². The fraction of sp³-hybridized carbons (Fsp3) is 0.364. The summed E-state index contributed by atoms with van der Waals surface area (Å²) in [5.41, 5.74) is 7.28. The van der Waals surface area contributed by atoms with Crippen molar-refractivity contribution in [3.05, 3.63) is 42.5 Å². The Morgan fingerprint density at radius 2 is 2.06 bits per heavy atom. The van der Waals surface area contributed by atoms with Crippen LogP contribution in [0, 0.1) is 5.82 Å². The van der Waals surface area contributed by atoms with E-state index in [9.17, 15) is 9.18 Å². The van der Waals surface area contributed by atoms with Crippen LogP contribution >= 0.6 is 0 Å². The molecule has 0 bridgehead atoms. The van der Waals surface area contributed by atoms with Gasteiger partial charge in [-0.2, -0.15) is 0 Å². The molecule has 4 rings (SSSR count). The fourth-order valence-electron chi connectivity index (χ4n) is 3.77. The molecule has 3 heterocycles. The van der Waals surface area contributed by atoms with Crippen LogP contribution in [-0.4, -0.2) is 57.7 Å². The molecule has 0 radical (unpaired) electrons. The average Bonchev–Trinajstić information content (AvgIpc) is 2.74. The number of fused-ring (bicyclic) bond motifs is 1. The zero-order valence-electron chi connectivity index (χ0n) is 18.2. The number of nitrogens with two attached hydrogens (primary N) is 1. The predicted octanol–water partition coefficient (Wildman–Crippen LogP) is 3.28. The molecule has 3 aromatic rings. The number of nitrogens with zero attached hydrogens (tertiary/aromatic N) is 5. The van der Waals surface area contributed by atoms with Crippen LogP contribution in [0.2, 0.25) is 0 Å². The number of ether oxygens (including phenoxy) is 1. The molecule has 0 aliphatic carbocycles. The smallest absolute Gasteiger partial charge is 0.315 e. The first-order valence-corrected chi connectivity index (χ1v) is 10.5. The molecule has 1 fully saturated rings. The lowest BCUT2D eigenvalue weighted by molar-refractivity contribution is 0.180. The number of carbonyl (C=O) groups is 1. The topological polar surface area (TPSA) is 110 Å². The monoisotopic (exact) mass is 439 g/mol. The molecular weight excluding hydrogens is 413 g/mol. The summed E-state index contributed by atoms with van der Waals surface area (Å²) in [4.78, 5) is 28.8. The van der Waals surface area contributed by atoms with Crippen LogP contribution in [0.25, 0.3) is 11.0 Å². The van der Waals surface area contributed by atoms with Crippen molar-refractivity contribution >= 4 is 34.4 Å². The minimum Gasteiger partial charge on any atom is -0.489 e. The van der Waals surface area contributed by atoms with Crippen molar-refractivity contribution in [1.82, 2.24) is 19.9 Å². The van der Waals surface area contributed by atoms with Gasteiger partial charge in [-0.15, -0.1) is 0 Å². The molecule has 1 aromatic carbocycles. The highest BCUT2D eigenvalue weighted by Crippen LogP contribution is 2.31. The van der Waals surface area contributed by atoms with Gasteiger partial charge in [0.1, 0.15) is 29.2 Å². The summed E-state index contributed by atoms with van der Waals surface area (Å²) in [5, 5.41) is 3.22. The Morgan fingerprint density at radius 3 is 2.78 bits per heavy atom. The number of halogens is 1. The lowest BCUT2D eigenvalue weighted by Crippen LogP contribution is -2.55. The molecule has 1 atom stereocenters. The van der Waals surface area contributed by atoms with Crippen LogP contribution in [0.3, 0.4) is 0 Å². The molecule has 0 spiro atoms. The van der Waals surface area contributed by atoms with Gasteiger partial charge in [0.15, 0.2) is 5.82 Å². The van der Waals surface area contributed by atoms with Crippen LogP contribution in [0.1, 0.15) is 20.8 Å². The van der Waals surface area contributed by atoms with Crippen LogP contribution in [0.15, 0.2) is 36.7 Å². The number of anilines is 3. The maximum Gasteiger partial charge on any atom is 0.315 e. The van der Waals surface area contributed by atoms with Crippen LogP contribution in [-0.2, 0) is 0 Å². The average molecular weight is 439 g/mol. The molecule has 1 saturated heterocycles. The molecule has 32 heavy (non-hydrogen) atoms. The summed E-state index contributed by atoms with van der Waals surface area (Å²) >= 11 is 0. The van der Waals surface area contributed by atoms with Gasteiger partial charge in [0, 0.05) is 31.7 Å². The Kier molecular flexibility index (Phi) is 5.93. The summed E-state index contributed by atoms with van der Waals surface area (Å²) < 4.78 is 19.5. The number of piperazine rings is 1. The molecule has 2 aromatic heterocycles. The van der Waals surface area contributed by atoms with Crippen molar-refractivity contribution in [2.45, 2.75) is 32.9 Å². The highest BCUT2D eigenvalue weighted by atomic mass is 19.1. The SMILES string of the molecule is CC(C)Oc1cc(F)ccc1Nc1ncnc2ccc(N3CCN(C(N)=O)[C@@H](C)C3)nc12. The third-order valence-electron chi connectivity index (χ3n) is 5.26. The lowest BCUT2D eigenvalue weighted by Gasteiger charge is -2.39. The minimum atomic E-state index is -0.415. The van der Waals surface area contributed by atoms with Gasteiger partial charge in [0.2, 0.25) is 0 Å². The van der Waals surface area contributed by atoms with Crippen molar-refractivity contribution in [2.24, 2.45) is 5.73 Å². The molecule has 1 aliphatic rings. The number of rotatable bonds is 5. The molecule has 3 N–H and O–H groups in total. The number of pyridine rings is 1. The second-order valence-electron chi connectivity index (χ2n) is 8.02. The summed E-state index contributed by atoms with van der Waals surface area (Å²) in [6.45, 7) is 7.47. The van der Waals surface area contributed by atoms with Gasteiger partial charge in [-0.05, 0) is 45.0 Å². The number of amides is 2. The Morgan fingerprint density at radius 1 is 1.25 bits per heavy atom. The van der Waals surface area contributed by atoms with E-state index in [0.717, 1.165) is 5.82 Å². The maximum atomic E-state index is 13.8. The molecular formula is C22H26FN7O2. The van der Waals surface area contributed by atoms with Gasteiger partial charge in [-0.1, -0.05) is 0 Å². The van der Waals surface area contributed by atoms with Crippen LogP contribution in [0.5, 0.6) is 5.75 Å². The van der Waals surface area contributed by atoms with E-state index >= 15 is 0 Å². The second kappa shape index (κ2) is 8.81. The number of urea groups is 1. The summed E-state index contributed by atoms with van der Waals surface area (Å²) in [6.07, 6.45) is 1.33. The van der Waals surface area contributed by atoms with Gasteiger partial charge in [0.25, 0.3) is 0 Å². The first-order valence-electron chi connectivity index (χ1n) is 10.5. The van der Waals surface area contributed by atoms with E-state index in [1.54, 1.807) is 11.0 Å². The number of hydrogen-bond acceptors (Lipinski definition) is 7. The lowest BCUT2D eigenvalue weighted by atomic mass is 10.2. The third kappa shape index (κ3) is 4.48. The van der Waals surface area contributed by atoms with Gasteiger partial charge in [-0.25, -0.2) is 24.1 Å². The Balaban J connectivity index is 1.65. The zero-order chi connectivity index (χ0) is 22.8. The van der Waals surface area contributed by atoms with Crippen molar-refractivity contribution in [3.63, 3.8) is 0 Å².